The topological polar surface area (TPSA) is 70.6 Å². The summed E-state index contributed by atoms with van der Waals surface area (Å²) >= 11 is 5.92. The Hall–Kier alpha value is -2.08. The minimum absolute atomic E-state index is 0.141. The van der Waals surface area contributed by atoms with Gasteiger partial charge in [0, 0.05) is 24.4 Å². The van der Waals surface area contributed by atoms with Crippen molar-refractivity contribution in [1.29, 1.82) is 0 Å². The van der Waals surface area contributed by atoms with Gasteiger partial charge in [0.2, 0.25) is 0 Å². The number of aliphatic hydroxyl groups excluding tert-OH is 1. The molecule has 0 bridgehead atoms. The summed E-state index contributed by atoms with van der Waals surface area (Å²) in [5.74, 6) is 0.402. The van der Waals surface area contributed by atoms with E-state index in [1.165, 1.54) is 0 Å². The number of halogens is 1. The van der Waals surface area contributed by atoms with Gasteiger partial charge < -0.3 is 20.5 Å². The molecule has 1 aliphatic heterocycles. The lowest BCUT2D eigenvalue weighted by Gasteiger charge is -2.36. The fraction of sp³-hybridized carbons (Fsp3) is 0.350. The van der Waals surface area contributed by atoms with E-state index in [0.717, 1.165) is 5.56 Å². The van der Waals surface area contributed by atoms with Crippen molar-refractivity contribution >= 4 is 17.5 Å². The Morgan fingerprint density at radius 3 is 2.46 bits per heavy atom. The van der Waals surface area contributed by atoms with E-state index in [9.17, 15) is 9.90 Å². The van der Waals surface area contributed by atoms with Gasteiger partial charge in [-0.2, -0.15) is 0 Å². The van der Waals surface area contributed by atoms with E-state index >= 15 is 0 Å². The first-order chi connectivity index (χ1) is 12.6. The number of amides is 1. The summed E-state index contributed by atoms with van der Waals surface area (Å²) in [5, 5.41) is 17.0. The molecular weight excluding hydrogens is 352 g/mol. The first kappa shape index (κ1) is 18.7. The molecule has 26 heavy (non-hydrogen) atoms. The van der Waals surface area contributed by atoms with E-state index in [2.05, 4.69) is 10.6 Å². The maximum Gasteiger partial charge on any atom is 0.264 e. The molecule has 1 saturated heterocycles. The molecule has 6 heteroatoms. The lowest BCUT2D eigenvalue weighted by molar-refractivity contribution is -0.139. The number of carbonyl (C=O) groups excluding carboxylic acids is 1. The van der Waals surface area contributed by atoms with Gasteiger partial charge in [-0.3, -0.25) is 4.79 Å². The maximum atomic E-state index is 12.9. The van der Waals surface area contributed by atoms with Crippen LogP contribution in [-0.2, 0) is 4.79 Å². The maximum absolute atomic E-state index is 12.9. The van der Waals surface area contributed by atoms with Crippen LogP contribution < -0.4 is 15.4 Å². The van der Waals surface area contributed by atoms with Crippen LogP contribution in [0, 0.1) is 0 Å². The fourth-order valence-corrected chi connectivity index (χ4v) is 3.20. The average molecular weight is 375 g/mol. The molecule has 1 heterocycles. The van der Waals surface area contributed by atoms with Crippen molar-refractivity contribution < 1.29 is 14.6 Å². The van der Waals surface area contributed by atoms with Crippen LogP contribution in [0.2, 0.25) is 5.02 Å². The molecule has 0 spiro atoms. The number of hydrogen-bond acceptors (Lipinski definition) is 4. The Labute approximate surface area is 158 Å². The number of piperidine rings is 1. The highest BCUT2D eigenvalue weighted by molar-refractivity contribution is 6.30. The molecule has 3 rings (SSSR count). The van der Waals surface area contributed by atoms with Crippen molar-refractivity contribution in [1.82, 2.24) is 10.6 Å². The van der Waals surface area contributed by atoms with E-state index in [1.807, 2.05) is 30.3 Å². The van der Waals surface area contributed by atoms with Crippen LogP contribution >= 0.6 is 11.6 Å². The predicted octanol–water partition coefficient (Wildman–Crippen LogP) is 2.69. The van der Waals surface area contributed by atoms with E-state index in [4.69, 9.17) is 16.3 Å². The molecule has 1 aliphatic rings. The van der Waals surface area contributed by atoms with Gasteiger partial charge in [0.1, 0.15) is 5.75 Å². The van der Waals surface area contributed by atoms with Crippen LogP contribution in [0.4, 0.5) is 0 Å². The molecule has 1 atom stereocenters. The molecule has 0 aliphatic carbocycles. The molecule has 0 unspecified atom stereocenters. The van der Waals surface area contributed by atoms with E-state index < -0.39 is 11.7 Å². The van der Waals surface area contributed by atoms with Gasteiger partial charge >= 0.3 is 0 Å². The van der Waals surface area contributed by atoms with Gasteiger partial charge in [-0.25, -0.2) is 0 Å². The molecule has 1 amide bonds. The third kappa shape index (κ3) is 4.55. The molecule has 0 radical (unpaired) electrons. The second-order valence-corrected chi connectivity index (χ2v) is 6.87. The number of benzene rings is 2. The summed E-state index contributed by atoms with van der Waals surface area (Å²) in [7, 11) is 0. The zero-order valence-corrected chi connectivity index (χ0v) is 15.2. The SMILES string of the molecule is O=C(NC[C@@H](O)c1ccccc1)C1(Oc2ccc(Cl)cc2)CCNCC1. The highest BCUT2D eigenvalue weighted by Gasteiger charge is 2.42. The van der Waals surface area contributed by atoms with Crippen LogP contribution in [0.1, 0.15) is 24.5 Å². The molecule has 2 aromatic rings. The van der Waals surface area contributed by atoms with Crippen LogP contribution in [0.25, 0.3) is 0 Å². The normalized spacial score (nSPS) is 17.3. The summed E-state index contributed by atoms with van der Waals surface area (Å²) in [6, 6.07) is 16.3. The number of ether oxygens (including phenoxy) is 1. The van der Waals surface area contributed by atoms with Crippen molar-refractivity contribution in [2.75, 3.05) is 19.6 Å². The van der Waals surface area contributed by atoms with E-state index in [0.29, 0.717) is 36.7 Å². The van der Waals surface area contributed by atoms with Gasteiger partial charge in [0.25, 0.3) is 5.91 Å². The molecular formula is C20H23ClN2O3. The predicted molar refractivity (Wildman–Crippen MR) is 101 cm³/mol. The Morgan fingerprint density at radius 1 is 1.15 bits per heavy atom. The van der Waals surface area contributed by atoms with Crippen molar-refractivity contribution in [3.63, 3.8) is 0 Å². The number of carbonyl (C=O) groups is 1. The standard InChI is InChI=1S/C20H23ClN2O3/c21-16-6-8-17(9-7-16)26-20(10-12-22-13-11-20)19(25)23-14-18(24)15-4-2-1-3-5-15/h1-9,18,22,24H,10-14H2,(H,23,25)/t18-/m1/s1. The van der Waals surface area contributed by atoms with Crippen LogP contribution in [0.3, 0.4) is 0 Å². The quantitative estimate of drug-likeness (QED) is 0.727. The van der Waals surface area contributed by atoms with Crippen molar-refractivity contribution in [3.05, 3.63) is 65.2 Å². The average Bonchev–Trinajstić information content (AvgIpc) is 2.69. The number of nitrogens with one attached hydrogen (secondary N) is 2. The zero-order valence-electron chi connectivity index (χ0n) is 14.5. The van der Waals surface area contributed by atoms with E-state index in [1.54, 1.807) is 24.3 Å². The Kier molecular flexibility index (Phi) is 6.14. The summed E-state index contributed by atoms with van der Waals surface area (Å²) < 4.78 is 6.11. The van der Waals surface area contributed by atoms with Crippen LogP contribution in [-0.4, -0.2) is 36.2 Å². The number of aliphatic hydroxyl groups is 1. The number of hydrogen-bond donors (Lipinski definition) is 3. The summed E-state index contributed by atoms with van der Waals surface area (Å²) in [4.78, 5) is 12.9. The third-order valence-electron chi connectivity index (χ3n) is 4.59. The van der Waals surface area contributed by atoms with Gasteiger partial charge in [0.05, 0.1) is 6.10 Å². The number of rotatable bonds is 6. The molecule has 0 aromatic heterocycles. The second-order valence-electron chi connectivity index (χ2n) is 6.44. The second kappa shape index (κ2) is 8.54. The Balaban J connectivity index is 1.68. The first-order valence-electron chi connectivity index (χ1n) is 8.76. The molecule has 1 fully saturated rings. The summed E-state index contributed by atoms with van der Waals surface area (Å²) in [6.45, 7) is 1.53. The van der Waals surface area contributed by atoms with Crippen LogP contribution in [0.15, 0.2) is 54.6 Å². The highest BCUT2D eigenvalue weighted by Crippen LogP contribution is 2.28. The van der Waals surface area contributed by atoms with Gasteiger partial charge in [-0.1, -0.05) is 41.9 Å². The summed E-state index contributed by atoms with van der Waals surface area (Å²) in [6.07, 6.45) is 0.362. The minimum atomic E-state index is -0.949. The fourth-order valence-electron chi connectivity index (χ4n) is 3.08. The van der Waals surface area contributed by atoms with Gasteiger partial charge in [-0.05, 0) is 42.9 Å². The smallest absolute Gasteiger partial charge is 0.264 e. The molecule has 0 saturated carbocycles. The van der Waals surface area contributed by atoms with Crippen LogP contribution in [0.5, 0.6) is 5.75 Å². The van der Waals surface area contributed by atoms with Gasteiger partial charge in [0.15, 0.2) is 5.60 Å². The van der Waals surface area contributed by atoms with Gasteiger partial charge in [-0.15, -0.1) is 0 Å². The Morgan fingerprint density at radius 2 is 1.81 bits per heavy atom. The van der Waals surface area contributed by atoms with Crippen molar-refractivity contribution in [3.8, 4) is 5.75 Å². The Bertz CT molecular complexity index is 716. The largest absolute Gasteiger partial charge is 0.477 e. The molecule has 138 valence electrons. The zero-order chi connectivity index (χ0) is 18.4. The lowest BCUT2D eigenvalue weighted by atomic mass is 9.90. The van der Waals surface area contributed by atoms with Crippen molar-refractivity contribution in [2.45, 2.75) is 24.5 Å². The highest BCUT2D eigenvalue weighted by atomic mass is 35.5. The molecule has 3 N–H and O–H groups in total. The third-order valence-corrected chi connectivity index (χ3v) is 4.84. The first-order valence-corrected chi connectivity index (χ1v) is 9.13. The minimum Gasteiger partial charge on any atom is -0.477 e. The monoisotopic (exact) mass is 374 g/mol. The molecule has 2 aromatic carbocycles. The summed E-state index contributed by atoms with van der Waals surface area (Å²) in [5.41, 5.74) is -0.180. The molecule has 5 nitrogen and oxygen atoms in total. The lowest BCUT2D eigenvalue weighted by Crippen LogP contribution is -2.57. The van der Waals surface area contributed by atoms with Crippen molar-refractivity contribution in [2.24, 2.45) is 0 Å². The van der Waals surface area contributed by atoms with E-state index in [-0.39, 0.29) is 12.5 Å².